The molecule has 142 valence electrons. The van der Waals surface area contributed by atoms with Crippen LogP contribution in [0.5, 0.6) is 11.5 Å². The minimum absolute atomic E-state index is 0.0532. The van der Waals surface area contributed by atoms with E-state index in [1.54, 1.807) is 36.4 Å². The van der Waals surface area contributed by atoms with Gasteiger partial charge in [-0.05, 0) is 71.5 Å². The van der Waals surface area contributed by atoms with Gasteiger partial charge in [0, 0.05) is 10.7 Å². The lowest BCUT2D eigenvalue weighted by atomic mass is 10.2. The lowest BCUT2D eigenvalue weighted by molar-refractivity contribution is -0.126. The summed E-state index contributed by atoms with van der Waals surface area (Å²) in [5.41, 5.74) is 3.46. The molecule has 0 saturated carbocycles. The zero-order valence-electron chi connectivity index (χ0n) is 14.3. The van der Waals surface area contributed by atoms with Crippen LogP contribution in [0, 0.1) is 3.57 Å². The number of ether oxygens (including phenoxy) is 1. The Morgan fingerprint density at radius 2 is 1.96 bits per heavy atom. The predicted octanol–water partition coefficient (Wildman–Crippen LogP) is 3.53. The van der Waals surface area contributed by atoms with E-state index in [2.05, 4.69) is 15.8 Å². The lowest BCUT2D eigenvalue weighted by Crippen LogP contribution is -2.24. The summed E-state index contributed by atoms with van der Waals surface area (Å²) >= 11 is 7.74. The van der Waals surface area contributed by atoms with Crippen LogP contribution in [0.2, 0.25) is 5.02 Å². The van der Waals surface area contributed by atoms with Gasteiger partial charge in [0.1, 0.15) is 6.42 Å². The highest BCUT2D eigenvalue weighted by Gasteiger charge is 2.10. The first-order valence-electron chi connectivity index (χ1n) is 7.91. The summed E-state index contributed by atoms with van der Waals surface area (Å²) in [6.45, 7) is 2.21. The van der Waals surface area contributed by atoms with Gasteiger partial charge in [-0.15, -0.1) is 0 Å². The first kappa shape index (κ1) is 21.0. The number of anilines is 1. The SMILES string of the molecule is CCOc1cc(/C=N/NC(=O)CC(=O)Nc2ccc(Cl)cc2)cc(I)c1O. The highest BCUT2D eigenvalue weighted by atomic mass is 127. The number of benzene rings is 2. The van der Waals surface area contributed by atoms with E-state index in [0.29, 0.717) is 32.2 Å². The molecule has 0 aliphatic heterocycles. The molecule has 27 heavy (non-hydrogen) atoms. The number of phenolic OH excluding ortho intramolecular Hbond substituents is 1. The fourth-order valence-electron chi connectivity index (χ4n) is 2.04. The van der Waals surface area contributed by atoms with Crippen LogP contribution in [0.15, 0.2) is 41.5 Å². The Balaban J connectivity index is 1.89. The Morgan fingerprint density at radius 3 is 2.63 bits per heavy atom. The topological polar surface area (TPSA) is 100 Å². The van der Waals surface area contributed by atoms with Crippen molar-refractivity contribution < 1.29 is 19.4 Å². The molecule has 0 saturated heterocycles. The van der Waals surface area contributed by atoms with Crippen LogP contribution in [0.25, 0.3) is 0 Å². The van der Waals surface area contributed by atoms with Crippen molar-refractivity contribution in [2.75, 3.05) is 11.9 Å². The summed E-state index contributed by atoms with van der Waals surface area (Å²) in [7, 11) is 0. The monoisotopic (exact) mass is 501 g/mol. The van der Waals surface area contributed by atoms with Crippen LogP contribution >= 0.6 is 34.2 Å². The van der Waals surface area contributed by atoms with Crippen molar-refractivity contribution in [3.05, 3.63) is 50.6 Å². The molecule has 0 aromatic heterocycles. The molecule has 3 N–H and O–H groups in total. The van der Waals surface area contributed by atoms with Crippen molar-refractivity contribution in [1.29, 1.82) is 0 Å². The fourth-order valence-corrected chi connectivity index (χ4v) is 2.79. The third kappa shape index (κ3) is 6.72. The Kier molecular flexibility index (Phi) is 7.86. The zero-order valence-corrected chi connectivity index (χ0v) is 17.2. The van der Waals surface area contributed by atoms with Crippen LogP contribution < -0.4 is 15.5 Å². The molecule has 2 aromatic rings. The number of hydrogen-bond donors (Lipinski definition) is 3. The molecule has 0 aliphatic carbocycles. The second-order valence-electron chi connectivity index (χ2n) is 5.31. The maximum atomic E-state index is 11.8. The zero-order chi connectivity index (χ0) is 19.8. The quantitative estimate of drug-likeness (QED) is 0.234. The Bertz CT molecular complexity index is 856. The lowest BCUT2D eigenvalue weighted by Gasteiger charge is -2.08. The van der Waals surface area contributed by atoms with E-state index in [1.165, 1.54) is 6.21 Å². The molecule has 0 fully saturated rings. The molecule has 7 nitrogen and oxygen atoms in total. The van der Waals surface area contributed by atoms with Gasteiger partial charge in [0.25, 0.3) is 0 Å². The number of phenols is 1. The van der Waals surface area contributed by atoms with Gasteiger partial charge in [0.2, 0.25) is 11.8 Å². The maximum absolute atomic E-state index is 11.8. The molecule has 0 heterocycles. The van der Waals surface area contributed by atoms with Gasteiger partial charge < -0.3 is 15.2 Å². The van der Waals surface area contributed by atoms with Gasteiger partial charge in [0.15, 0.2) is 11.5 Å². The van der Waals surface area contributed by atoms with Crippen LogP contribution in [0.4, 0.5) is 5.69 Å². The number of halogens is 2. The molecule has 0 spiro atoms. The van der Waals surface area contributed by atoms with Gasteiger partial charge in [-0.2, -0.15) is 5.10 Å². The fraction of sp³-hybridized carbons (Fsp3) is 0.167. The van der Waals surface area contributed by atoms with E-state index in [9.17, 15) is 14.7 Å². The number of aromatic hydroxyl groups is 1. The summed E-state index contributed by atoms with van der Waals surface area (Å²) in [5.74, 6) is -0.643. The maximum Gasteiger partial charge on any atom is 0.249 e. The predicted molar refractivity (Wildman–Crippen MR) is 112 cm³/mol. The Morgan fingerprint density at radius 1 is 1.26 bits per heavy atom. The standard InChI is InChI=1S/C18H17ClIN3O4/c1-2-27-15-8-11(7-14(20)18(15)26)10-21-23-17(25)9-16(24)22-13-5-3-12(19)4-6-13/h3-8,10,26H,2,9H2,1H3,(H,22,24)(H,23,25)/b21-10+. The number of hydrogen-bond acceptors (Lipinski definition) is 5. The molecule has 9 heteroatoms. The van der Waals surface area contributed by atoms with Crippen molar-refractivity contribution in [2.45, 2.75) is 13.3 Å². The van der Waals surface area contributed by atoms with E-state index in [0.717, 1.165) is 0 Å². The van der Waals surface area contributed by atoms with E-state index < -0.39 is 11.8 Å². The number of carbonyl (C=O) groups excluding carboxylic acids is 2. The molecule has 0 bridgehead atoms. The van der Waals surface area contributed by atoms with E-state index in [1.807, 2.05) is 29.5 Å². The van der Waals surface area contributed by atoms with Gasteiger partial charge in [-0.3, -0.25) is 9.59 Å². The van der Waals surface area contributed by atoms with Gasteiger partial charge in [-0.25, -0.2) is 5.43 Å². The van der Waals surface area contributed by atoms with Crippen molar-refractivity contribution in [1.82, 2.24) is 5.43 Å². The summed E-state index contributed by atoms with van der Waals surface area (Å²) in [6.07, 6.45) is 1.02. The number of hydrazone groups is 1. The first-order chi connectivity index (χ1) is 12.9. The number of nitrogens with one attached hydrogen (secondary N) is 2. The third-order valence-corrected chi connectivity index (χ3v) is 4.28. The molecular weight excluding hydrogens is 485 g/mol. The summed E-state index contributed by atoms with van der Waals surface area (Å²) < 4.78 is 5.93. The average molecular weight is 502 g/mol. The Hall–Kier alpha value is -2.33. The molecule has 2 rings (SSSR count). The molecule has 2 aromatic carbocycles. The van der Waals surface area contributed by atoms with Crippen LogP contribution in [-0.4, -0.2) is 29.7 Å². The second-order valence-corrected chi connectivity index (χ2v) is 6.91. The van der Waals surface area contributed by atoms with E-state index in [-0.39, 0.29) is 12.2 Å². The van der Waals surface area contributed by atoms with Crippen molar-refractivity contribution in [3.8, 4) is 11.5 Å². The normalized spacial score (nSPS) is 10.6. The van der Waals surface area contributed by atoms with Crippen molar-refractivity contribution >= 4 is 57.9 Å². The minimum atomic E-state index is -0.559. The highest BCUT2D eigenvalue weighted by Crippen LogP contribution is 2.32. The summed E-state index contributed by atoms with van der Waals surface area (Å²) in [4.78, 5) is 23.6. The van der Waals surface area contributed by atoms with Gasteiger partial charge >= 0.3 is 0 Å². The van der Waals surface area contributed by atoms with Crippen LogP contribution in [-0.2, 0) is 9.59 Å². The minimum Gasteiger partial charge on any atom is -0.504 e. The van der Waals surface area contributed by atoms with Crippen molar-refractivity contribution in [2.24, 2.45) is 5.10 Å². The molecule has 0 unspecified atom stereocenters. The average Bonchev–Trinajstić information content (AvgIpc) is 2.61. The number of amides is 2. The van der Waals surface area contributed by atoms with Crippen LogP contribution in [0.1, 0.15) is 18.9 Å². The molecule has 2 amide bonds. The summed E-state index contributed by atoms with van der Waals surface area (Å²) in [6, 6.07) is 9.83. The summed E-state index contributed by atoms with van der Waals surface area (Å²) in [5, 5.41) is 16.9. The smallest absolute Gasteiger partial charge is 0.249 e. The highest BCUT2D eigenvalue weighted by molar-refractivity contribution is 14.1. The van der Waals surface area contributed by atoms with Gasteiger partial charge in [0.05, 0.1) is 16.4 Å². The first-order valence-corrected chi connectivity index (χ1v) is 9.37. The van der Waals surface area contributed by atoms with E-state index >= 15 is 0 Å². The molecule has 0 aliphatic rings. The van der Waals surface area contributed by atoms with Gasteiger partial charge in [-0.1, -0.05) is 11.6 Å². The Labute approximate surface area is 174 Å². The largest absolute Gasteiger partial charge is 0.504 e. The van der Waals surface area contributed by atoms with Crippen LogP contribution in [0.3, 0.4) is 0 Å². The molecule has 0 radical (unpaired) electrons. The second kappa shape index (κ2) is 10.1. The molecular formula is C18H17ClIN3O4. The number of nitrogens with zero attached hydrogens (tertiary/aromatic N) is 1. The number of rotatable bonds is 7. The van der Waals surface area contributed by atoms with E-state index in [4.69, 9.17) is 16.3 Å². The third-order valence-electron chi connectivity index (χ3n) is 3.20. The number of carbonyl (C=O) groups is 2. The molecule has 0 atom stereocenters. The van der Waals surface area contributed by atoms with Crippen molar-refractivity contribution in [3.63, 3.8) is 0 Å².